The number of benzene rings is 3. The second-order valence-corrected chi connectivity index (χ2v) is 12.0. The van der Waals surface area contributed by atoms with Crippen molar-refractivity contribution in [3.05, 3.63) is 84.1 Å². The summed E-state index contributed by atoms with van der Waals surface area (Å²) in [4.78, 5) is 30.4. The molecule has 1 heterocycles. The first-order chi connectivity index (χ1) is 22.0. The van der Waals surface area contributed by atoms with Crippen molar-refractivity contribution in [3.63, 3.8) is 0 Å². The number of carbonyl (C=O) groups is 2. The van der Waals surface area contributed by atoms with Gasteiger partial charge in [-0.3, -0.25) is 4.79 Å². The third kappa shape index (κ3) is 8.01. The lowest BCUT2D eigenvalue weighted by Gasteiger charge is -2.35. The normalized spacial score (nSPS) is 13.1. The molecular formula is C31H32F3N5O7S. The zero-order valence-corrected chi connectivity index (χ0v) is 26.2. The Balaban J connectivity index is 1.93. The van der Waals surface area contributed by atoms with Crippen LogP contribution in [-0.2, 0) is 36.6 Å². The maximum Gasteiger partial charge on any atom is 0.491 e. The third-order valence-electron chi connectivity index (χ3n) is 6.64. The molecule has 1 amide bonds. The maximum absolute atomic E-state index is 14.2. The first-order valence-electron chi connectivity index (χ1n) is 14.1. The average molecular weight is 676 g/mol. The van der Waals surface area contributed by atoms with Gasteiger partial charge in [0.25, 0.3) is 11.6 Å². The Kier molecular flexibility index (Phi) is 10.2. The van der Waals surface area contributed by atoms with E-state index in [1.54, 1.807) is 26.8 Å². The molecule has 16 heteroatoms. The van der Waals surface area contributed by atoms with Crippen LogP contribution in [0.3, 0.4) is 0 Å². The van der Waals surface area contributed by atoms with E-state index in [9.17, 15) is 31.2 Å². The highest BCUT2D eigenvalue weighted by molar-refractivity contribution is 7.89. The summed E-state index contributed by atoms with van der Waals surface area (Å²) in [6, 6.07) is 15.2. The number of hydrogen-bond donors (Lipinski definition) is 4. The summed E-state index contributed by atoms with van der Waals surface area (Å²) in [5, 5.41) is 11.4. The second kappa shape index (κ2) is 13.7. The fraction of sp³-hybridized carbons (Fsp3) is 0.258. The van der Waals surface area contributed by atoms with E-state index in [4.69, 9.17) is 25.1 Å². The standard InChI is InChI=1S/C31H32F3N5O7S/c1-4-44-25-16-21(9-12-24(25)45-18(2)3)30(46-29(41)31(32,33)34,39-22-10-11-23-19(15-22)13-14-37-27(23)35)28(40)38-17-20-7-5-6-8-26(20)47(36,42)43/h5-16,18,39H,4,17H2,1-3H3,(H2,35,37)(H,38,40)(H2,36,42,43). The summed E-state index contributed by atoms with van der Waals surface area (Å²) in [5.41, 5.74) is 2.80. The van der Waals surface area contributed by atoms with Gasteiger partial charge in [-0.2, -0.15) is 13.2 Å². The Labute approximate surface area is 268 Å². The number of nitrogens with zero attached hydrogens (tertiary/aromatic N) is 1. The maximum atomic E-state index is 14.2. The van der Waals surface area contributed by atoms with Gasteiger partial charge in [-0.25, -0.2) is 23.3 Å². The number of sulfonamides is 1. The van der Waals surface area contributed by atoms with Crippen LogP contribution in [0, 0.1) is 0 Å². The van der Waals surface area contributed by atoms with Crippen LogP contribution < -0.4 is 31.0 Å². The number of nitrogens with two attached hydrogens (primary N) is 2. The molecule has 250 valence electrons. The smallest absolute Gasteiger partial charge is 0.490 e. The Hall–Kier alpha value is -5.09. The molecule has 1 aromatic heterocycles. The summed E-state index contributed by atoms with van der Waals surface area (Å²) in [7, 11) is -4.25. The number of nitrogen functional groups attached to an aromatic ring is 1. The molecule has 4 aromatic rings. The van der Waals surface area contributed by atoms with Gasteiger partial charge in [0.2, 0.25) is 10.0 Å². The van der Waals surface area contributed by atoms with Gasteiger partial charge in [-0.05, 0) is 80.3 Å². The lowest BCUT2D eigenvalue weighted by molar-refractivity contribution is -0.213. The first kappa shape index (κ1) is 34.8. The molecule has 3 aromatic carbocycles. The highest BCUT2D eigenvalue weighted by atomic mass is 32.2. The molecule has 1 atom stereocenters. The van der Waals surface area contributed by atoms with Crippen LogP contribution in [0.2, 0.25) is 0 Å². The van der Waals surface area contributed by atoms with Crippen molar-refractivity contribution in [3.8, 4) is 11.5 Å². The Bertz CT molecular complexity index is 1900. The molecule has 1 unspecified atom stereocenters. The van der Waals surface area contributed by atoms with E-state index >= 15 is 0 Å². The topological polar surface area (TPSA) is 185 Å². The van der Waals surface area contributed by atoms with Crippen molar-refractivity contribution < 1.29 is 45.4 Å². The molecule has 6 N–H and O–H groups in total. The molecule has 0 saturated heterocycles. The minimum Gasteiger partial charge on any atom is -0.490 e. The number of halogens is 3. The number of pyridine rings is 1. The zero-order chi connectivity index (χ0) is 34.6. The van der Waals surface area contributed by atoms with Gasteiger partial charge in [-0.15, -0.1) is 0 Å². The molecule has 0 saturated carbocycles. The molecule has 0 aliphatic heterocycles. The molecule has 0 bridgehead atoms. The van der Waals surface area contributed by atoms with Crippen molar-refractivity contribution in [2.24, 2.45) is 5.14 Å². The summed E-state index contributed by atoms with van der Waals surface area (Å²) in [5.74, 6) is -3.57. The van der Waals surface area contributed by atoms with Crippen LogP contribution in [0.1, 0.15) is 31.9 Å². The van der Waals surface area contributed by atoms with E-state index in [0.717, 1.165) is 0 Å². The number of esters is 1. The lowest BCUT2D eigenvalue weighted by atomic mass is 9.99. The van der Waals surface area contributed by atoms with E-state index in [1.165, 1.54) is 66.9 Å². The fourth-order valence-electron chi connectivity index (χ4n) is 4.64. The number of anilines is 2. The summed E-state index contributed by atoms with van der Waals surface area (Å²) >= 11 is 0. The molecule has 0 aliphatic carbocycles. The number of carbonyl (C=O) groups excluding carboxylic acids is 2. The largest absolute Gasteiger partial charge is 0.491 e. The van der Waals surface area contributed by atoms with Gasteiger partial charge < -0.3 is 30.6 Å². The molecule has 4 rings (SSSR count). The summed E-state index contributed by atoms with van der Waals surface area (Å²) in [6.45, 7) is 4.72. The Morgan fingerprint density at radius 2 is 1.72 bits per heavy atom. The molecule has 47 heavy (non-hydrogen) atoms. The Morgan fingerprint density at radius 3 is 2.38 bits per heavy atom. The zero-order valence-electron chi connectivity index (χ0n) is 25.4. The monoisotopic (exact) mass is 675 g/mol. The summed E-state index contributed by atoms with van der Waals surface area (Å²) < 4.78 is 82.3. The van der Waals surface area contributed by atoms with Crippen molar-refractivity contribution in [2.45, 2.75) is 50.2 Å². The van der Waals surface area contributed by atoms with E-state index in [-0.39, 0.29) is 51.7 Å². The van der Waals surface area contributed by atoms with Gasteiger partial charge in [-0.1, -0.05) is 18.2 Å². The molecule has 0 radical (unpaired) electrons. The van der Waals surface area contributed by atoms with Crippen molar-refractivity contribution in [2.75, 3.05) is 17.7 Å². The van der Waals surface area contributed by atoms with Crippen LogP contribution >= 0.6 is 0 Å². The lowest BCUT2D eigenvalue weighted by Crippen LogP contribution is -2.54. The highest BCUT2D eigenvalue weighted by Gasteiger charge is 2.52. The van der Waals surface area contributed by atoms with E-state index in [0.29, 0.717) is 10.8 Å². The number of nitrogens with one attached hydrogen (secondary N) is 2. The number of primary sulfonamides is 1. The number of ether oxygens (including phenoxy) is 3. The minimum absolute atomic E-state index is 0.0174. The molecular weight excluding hydrogens is 643 g/mol. The number of fused-ring (bicyclic) bond motifs is 1. The molecule has 0 aliphatic rings. The van der Waals surface area contributed by atoms with Gasteiger partial charge >= 0.3 is 12.1 Å². The number of hydrogen-bond acceptors (Lipinski definition) is 10. The average Bonchev–Trinajstić information content (AvgIpc) is 2.99. The molecule has 0 fully saturated rings. The number of amides is 1. The van der Waals surface area contributed by atoms with Crippen LogP contribution in [-0.4, -0.2) is 44.2 Å². The predicted molar refractivity (Wildman–Crippen MR) is 167 cm³/mol. The van der Waals surface area contributed by atoms with Gasteiger partial charge in [0.1, 0.15) is 5.82 Å². The Morgan fingerprint density at radius 1 is 1.00 bits per heavy atom. The van der Waals surface area contributed by atoms with Gasteiger partial charge in [0, 0.05) is 29.4 Å². The van der Waals surface area contributed by atoms with Gasteiger partial charge in [0.05, 0.1) is 17.6 Å². The van der Waals surface area contributed by atoms with E-state index < -0.39 is 40.3 Å². The van der Waals surface area contributed by atoms with Gasteiger partial charge in [0.15, 0.2) is 11.5 Å². The number of rotatable bonds is 12. The van der Waals surface area contributed by atoms with E-state index in [2.05, 4.69) is 15.6 Å². The third-order valence-corrected chi connectivity index (χ3v) is 7.66. The van der Waals surface area contributed by atoms with Crippen molar-refractivity contribution in [1.82, 2.24) is 10.3 Å². The van der Waals surface area contributed by atoms with Crippen LogP contribution in [0.15, 0.2) is 77.8 Å². The number of aromatic nitrogens is 1. The van der Waals surface area contributed by atoms with Crippen LogP contribution in [0.25, 0.3) is 10.8 Å². The van der Waals surface area contributed by atoms with Crippen LogP contribution in [0.4, 0.5) is 24.7 Å². The van der Waals surface area contributed by atoms with Crippen molar-refractivity contribution >= 4 is 44.2 Å². The second-order valence-electron chi connectivity index (χ2n) is 10.4. The first-order valence-corrected chi connectivity index (χ1v) is 15.7. The quantitative estimate of drug-likeness (QED) is 0.124. The minimum atomic E-state index is -5.53. The van der Waals surface area contributed by atoms with Crippen LogP contribution in [0.5, 0.6) is 11.5 Å². The predicted octanol–water partition coefficient (Wildman–Crippen LogP) is 4.34. The van der Waals surface area contributed by atoms with Crippen molar-refractivity contribution in [1.29, 1.82) is 0 Å². The highest BCUT2D eigenvalue weighted by Crippen LogP contribution is 2.38. The van der Waals surface area contributed by atoms with E-state index in [1.807, 2.05) is 0 Å². The summed E-state index contributed by atoms with van der Waals surface area (Å²) in [6.07, 6.45) is -4.44. The molecule has 0 spiro atoms. The molecule has 12 nitrogen and oxygen atoms in total. The number of alkyl halides is 3. The SMILES string of the molecule is CCOc1cc(C(Nc2ccc3c(N)nccc3c2)(OC(=O)C(F)(F)F)C(=O)NCc2ccccc2S(N)(=O)=O)ccc1OC(C)C. The fourth-order valence-corrected chi connectivity index (χ4v) is 5.42.